The van der Waals surface area contributed by atoms with E-state index >= 15 is 0 Å². The van der Waals surface area contributed by atoms with Crippen molar-refractivity contribution in [3.63, 3.8) is 0 Å². The first kappa shape index (κ1) is 17.0. The van der Waals surface area contributed by atoms with Gasteiger partial charge in [0.25, 0.3) is 6.85 Å². The van der Waals surface area contributed by atoms with Gasteiger partial charge in [0.1, 0.15) is 5.76 Å². The molecule has 1 N–H and O–H groups in total. The van der Waals surface area contributed by atoms with E-state index in [1.807, 2.05) is 36.5 Å². The highest BCUT2D eigenvalue weighted by molar-refractivity contribution is 6.75. The van der Waals surface area contributed by atoms with Crippen LogP contribution < -0.4 is 15.0 Å². The third kappa shape index (κ3) is 3.63. The van der Waals surface area contributed by atoms with Gasteiger partial charge in [-0.2, -0.15) is 0 Å². The van der Waals surface area contributed by atoms with E-state index in [4.69, 9.17) is 4.74 Å². The van der Waals surface area contributed by atoms with Gasteiger partial charge in [0, 0.05) is 23.5 Å². The van der Waals surface area contributed by atoms with Gasteiger partial charge in [-0.25, -0.2) is 0 Å². The number of rotatable bonds is 6. The third-order valence-corrected chi connectivity index (χ3v) is 4.61. The highest BCUT2D eigenvalue weighted by atomic mass is 16.5. The van der Waals surface area contributed by atoms with E-state index < -0.39 is 0 Å². The zero-order valence-corrected chi connectivity index (χ0v) is 15.0. The maximum atomic E-state index is 5.86. The molecule has 0 atom stereocenters. The number of hydrogen-bond donors (Lipinski definition) is 1. The molecule has 0 saturated carbocycles. The number of H-pyrrole nitrogens is 1. The van der Waals surface area contributed by atoms with Crippen molar-refractivity contribution in [1.29, 1.82) is 0 Å². The molecule has 0 saturated heterocycles. The lowest BCUT2D eigenvalue weighted by Gasteiger charge is -2.28. The van der Waals surface area contributed by atoms with Crippen LogP contribution in [0.1, 0.15) is 11.1 Å². The Morgan fingerprint density at radius 3 is 2.48 bits per heavy atom. The lowest BCUT2D eigenvalue weighted by Crippen LogP contribution is -2.45. The SMILES string of the molecule is C=C(Oc1ccc[nH]1)c1ccccc1N(C)B(C)c1ccccc1C. The summed E-state index contributed by atoms with van der Waals surface area (Å²) in [7, 11) is 2.11. The second kappa shape index (κ2) is 7.35. The van der Waals surface area contributed by atoms with Gasteiger partial charge in [0.05, 0.1) is 0 Å². The number of benzene rings is 2. The quantitative estimate of drug-likeness (QED) is 0.538. The summed E-state index contributed by atoms with van der Waals surface area (Å²) >= 11 is 0. The Morgan fingerprint density at radius 1 is 1.04 bits per heavy atom. The van der Waals surface area contributed by atoms with Crippen molar-refractivity contribution in [2.24, 2.45) is 0 Å². The first-order valence-electron chi connectivity index (χ1n) is 8.46. The second-order valence-corrected chi connectivity index (χ2v) is 6.22. The van der Waals surface area contributed by atoms with Crippen LogP contribution >= 0.6 is 0 Å². The van der Waals surface area contributed by atoms with Gasteiger partial charge in [0.2, 0.25) is 0 Å². The van der Waals surface area contributed by atoms with E-state index in [0.717, 1.165) is 11.3 Å². The van der Waals surface area contributed by atoms with Crippen LogP contribution in [0.25, 0.3) is 5.76 Å². The molecular formula is C21H23BN2O. The molecule has 0 spiro atoms. The zero-order chi connectivity index (χ0) is 17.8. The van der Waals surface area contributed by atoms with Gasteiger partial charge in [-0.05, 0) is 32.2 Å². The maximum absolute atomic E-state index is 5.86. The summed E-state index contributed by atoms with van der Waals surface area (Å²) in [5.41, 5.74) is 4.69. The van der Waals surface area contributed by atoms with Gasteiger partial charge >= 0.3 is 0 Å². The van der Waals surface area contributed by atoms with E-state index in [0.29, 0.717) is 11.6 Å². The van der Waals surface area contributed by atoms with Crippen molar-refractivity contribution >= 4 is 23.8 Å². The van der Waals surface area contributed by atoms with Crippen molar-refractivity contribution in [3.05, 3.63) is 84.6 Å². The number of aryl methyl sites for hydroxylation is 1. The second-order valence-electron chi connectivity index (χ2n) is 6.22. The monoisotopic (exact) mass is 330 g/mol. The lowest BCUT2D eigenvalue weighted by molar-refractivity contribution is 0.499. The summed E-state index contributed by atoms with van der Waals surface area (Å²) in [5.74, 6) is 1.32. The number of ether oxygens (including phenoxy) is 1. The van der Waals surface area contributed by atoms with Crippen molar-refractivity contribution < 1.29 is 4.74 Å². The average molecular weight is 330 g/mol. The molecule has 0 aliphatic heterocycles. The summed E-state index contributed by atoms with van der Waals surface area (Å²) in [4.78, 5) is 5.31. The van der Waals surface area contributed by atoms with E-state index in [-0.39, 0.29) is 6.85 Å². The van der Waals surface area contributed by atoms with Crippen molar-refractivity contribution in [3.8, 4) is 5.88 Å². The van der Waals surface area contributed by atoms with Crippen molar-refractivity contribution in [2.45, 2.75) is 13.7 Å². The maximum Gasteiger partial charge on any atom is 0.285 e. The molecule has 25 heavy (non-hydrogen) atoms. The zero-order valence-electron chi connectivity index (χ0n) is 15.0. The van der Waals surface area contributed by atoms with Crippen LogP contribution in [0, 0.1) is 6.92 Å². The van der Waals surface area contributed by atoms with Crippen LogP contribution in [-0.4, -0.2) is 18.9 Å². The molecule has 0 aliphatic rings. The fourth-order valence-corrected chi connectivity index (χ4v) is 3.05. The number of aromatic amines is 1. The molecule has 1 aromatic heterocycles. The van der Waals surface area contributed by atoms with E-state index in [2.05, 4.69) is 67.5 Å². The number of nitrogens with one attached hydrogen (secondary N) is 1. The molecule has 2 aromatic carbocycles. The molecule has 3 rings (SSSR count). The molecule has 0 unspecified atom stereocenters. The Morgan fingerprint density at radius 2 is 1.76 bits per heavy atom. The van der Waals surface area contributed by atoms with Crippen LogP contribution in [0.2, 0.25) is 6.82 Å². The van der Waals surface area contributed by atoms with Crippen molar-refractivity contribution in [2.75, 3.05) is 11.9 Å². The molecule has 0 amide bonds. The molecule has 4 heteroatoms. The fraction of sp³-hybridized carbons (Fsp3) is 0.143. The Bertz CT molecular complexity index is 858. The molecule has 126 valence electrons. The molecule has 1 heterocycles. The van der Waals surface area contributed by atoms with Crippen LogP contribution in [-0.2, 0) is 0 Å². The molecule has 0 bridgehead atoms. The van der Waals surface area contributed by atoms with E-state index in [1.54, 1.807) is 0 Å². The number of anilines is 1. The Hall–Kier alpha value is -2.88. The van der Waals surface area contributed by atoms with Crippen LogP contribution in [0.4, 0.5) is 5.69 Å². The summed E-state index contributed by atoms with van der Waals surface area (Å²) in [6.45, 7) is 8.73. The summed E-state index contributed by atoms with van der Waals surface area (Å²) in [5, 5.41) is 0. The molecule has 0 radical (unpaired) electrons. The minimum atomic E-state index is 0.237. The number of para-hydroxylation sites is 1. The molecule has 0 fully saturated rings. The smallest absolute Gasteiger partial charge is 0.285 e. The summed E-state index contributed by atoms with van der Waals surface area (Å²) in [6.07, 6.45) is 1.83. The molecule has 0 aliphatic carbocycles. The number of nitrogens with zero attached hydrogens (tertiary/aromatic N) is 1. The van der Waals surface area contributed by atoms with E-state index in [1.165, 1.54) is 11.0 Å². The highest BCUT2D eigenvalue weighted by Crippen LogP contribution is 2.28. The minimum Gasteiger partial charge on any atom is -0.441 e. The Labute approximate surface area is 150 Å². The van der Waals surface area contributed by atoms with Gasteiger partial charge in [-0.15, -0.1) is 0 Å². The van der Waals surface area contributed by atoms with Gasteiger partial charge < -0.3 is 14.5 Å². The molecular weight excluding hydrogens is 307 g/mol. The van der Waals surface area contributed by atoms with Gasteiger partial charge in [0.15, 0.2) is 5.88 Å². The summed E-state index contributed by atoms with van der Waals surface area (Å²) in [6, 6.07) is 20.5. The van der Waals surface area contributed by atoms with Crippen LogP contribution in [0.3, 0.4) is 0 Å². The highest BCUT2D eigenvalue weighted by Gasteiger charge is 2.21. The normalized spacial score (nSPS) is 10.4. The predicted molar refractivity (Wildman–Crippen MR) is 108 cm³/mol. The predicted octanol–water partition coefficient (Wildman–Crippen LogP) is 4.34. The fourth-order valence-electron chi connectivity index (χ4n) is 3.05. The Kier molecular flexibility index (Phi) is 4.99. The average Bonchev–Trinajstić information content (AvgIpc) is 3.14. The number of hydrogen-bond acceptors (Lipinski definition) is 2. The third-order valence-electron chi connectivity index (χ3n) is 4.61. The van der Waals surface area contributed by atoms with Crippen LogP contribution in [0.5, 0.6) is 5.88 Å². The van der Waals surface area contributed by atoms with Crippen LogP contribution in [0.15, 0.2) is 73.4 Å². The van der Waals surface area contributed by atoms with Gasteiger partial charge in [-0.1, -0.05) is 60.8 Å². The van der Waals surface area contributed by atoms with E-state index in [9.17, 15) is 0 Å². The first-order valence-corrected chi connectivity index (χ1v) is 8.46. The molecule has 3 aromatic rings. The first-order chi connectivity index (χ1) is 12.1. The minimum absolute atomic E-state index is 0.237. The standard InChI is InChI=1S/C21H23BN2O/c1-16-10-5-7-12-19(16)22(3)24(4)20-13-8-6-11-18(20)17(2)25-21-14-9-15-23-21/h5-15,23H,2H2,1,3-4H3. The lowest BCUT2D eigenvalue weighted by atomic mass is 9.55. The van der Waals surface area contributed by atoms with Crippen molar-refractivity contribution in [1.82, 2.24) is 4.98 Å². The Balaban J connectivity index is 1.89. The van der Waals surface area contributed by atoms with Gasteiger partial charge in [-0.3, -0.25) is 0 Å². The topological polar surface area (TPSA) is 28.3 Å². The summed E-state index contributed by atoms with van der Waals surface area (Å²) < 4.78 is 5.86. The number of aromatic nitrogens is 1. The molecule has 3 nitrogen and oxygen atoms in total. The largest absolute Gasteiger partial charge is 0.441 e.